The molecule has 1 heterocycles. The molecule has 0 atom stereocenters. The predicted octanol–water partition coefficient (Wildman–Crippen LogP) is 4.34. The van der Waals surface area contributed by atoms with Gasteiger partial charge in [0.2, 0.25) is 0 Å². The molecule has 2 aromatic carbocycles. The minimum Gasteiger partial charge on any atom is -0.492 e. The van der Waals surface area contributed by atoms with Crippen LogP contribution in [0.15, 0.2) is 52.9 Å². The molecule has 5 heteroatoms. The maximum absolute atomic E-state index is 5.76. The van der Waals surface area contributed by atoms with E-state index in [1.165, 1.54) is 0 Å². The fraction of sp³-hybridized carbons (Fsp3) is 0.316. The summed E-state index contributed by atoms with van der Waals surface area (Å²) >= 11 is 0. The Hall–Kier alpha value is -2.53. The van der Waals surface area contributed by atoms with Gasteiger partial charge in [0.1, 0.15) is 23.6 Å². The molecule has 1 aromatic heterocycles. The monoisotopic (exact) mass is 326 g/mol. The van der Waals surface area contributed by atoms with E-state index in [1.807, 2.05) is 48.5 Å². The summed E-state index contributed by atoms with van der Waals surface area (Å²) in [6.45, 7) is 7.99. The van der Waals surface area contributed by atoms with Crippen LogP contribution in [-0.4, -0.2) is 36.1 Å². The Labute approximate surface area is 141 Å². The minimum atomic E-state index is 0.242. The molecule has 0 N–H and O–H groups in total. The van der Waals surface area contributed by atoms with Crippen molar-refractivity contribution in [2.24, 2.45) is 0 Å². The third-order valence-electron chi connectivity index (χ3n) is 3.87. The molecule has 0 bridgehead atoms. The fourth-order valence-corrected chi connectivity index (χ4v) is 2.43. The van der Waals surface area contributed by atoms with Gasteiger partial charge < -0.3 is 18.8 Å². The number of ether oxygens (including phenoxy) is 2. The number of benzene rings is 2. The number of hydrogen-bond acceptors (Lipinski definition) is 5. The molecular weight excluding hydrogens is 304 g/mol. The smallest absolute Gasteiger partial charge is 0.400 e. The van der Waals surface area contributed by atoms with Crippen LogP contribution in [0.2, 0.25) is 0 Å². The molecule has 126 valence electrons. The molecular formula is C19H22N2O3. The molecule has 0 radical (unpaired) electrons. The number of para-hydroxylation sites is 2. The highest BCUT2D eigenvalue weighted by Gasteiger charge is 2.07. The summed E-state index contributed by atoms with van der Waals surface area (Å²) in [6, 6.07) is 15.0. The van der Waals surface area contributed by atoms with Crippen LogP contribution in [0.5, 0.6) is 17.6 Å². The van der Waals surface area contributed by atoms with Crippen LogP contribution in [0.3, 0.4) is 0 Å². The Balaban J connectivity index is 1.56. The summed E-state index contributed by atoms with van der Waals surface area (Å²) < 4.78 is 17.0. The Kier molecular flexibility index (Phi) is 5.33. The van der Waals surface area contributed by atoms with Crippen LogP contribution < -0.4 is 9.47 Å². The van der Waals surface area contributed by atoms with Crippen molar-refractivity contribution >= 4 is 11.1 Å². The van der Waals surface area contributed by atoms with Crippen molar-refractivity contribution in [1.82, 2.24) is 9.88 Å². The third-order valence-corrected chi connectivity index (χ3v) is 3.87. The fourth-order valence-electron chi connectivity index (χ4n) is 2.43. The van der Waals surface area contributed by atoms with E-state index < -0.39 is 0 Å². The summed E-state index contributed by atoms with van der Waals surface area (Å²) in [4.78, 5) is 6.62. The molecule has 0 unspecified atom stereocenters. The molecule has 0 saturated heterocycles. The van der Waals surface area contributed by atoms with E-state index in [1.54, 1.807) is 0 Å². The summed E-state index contributed by atoms with van der Waals surface area (Å²) in [5.41, 5.74) is 1.49. The van der Waals surface area contributed by atoms with Gasteiger partial charge in [-0.2, -0.15) is 4.98 Å². The van der Waals surface area contributed by atoms with Crippen LogP contribution in [0.1, 0.15) is 13.8 Å². The number of oxazole rings is 1. The first-order valence-corrected chi connectivity index (χ1v) is 8.27. The normalized spacial score (nSPS) is 11.1. The number of nitrogens with zero attached hydrogens (tertiary/aromatic N) is 2. The number of aromatic nitrogens is 1. The van der Waals surface area contributed by atoms with Crippen molar-refractivity contribution in [2.75, 3.05) is 26.2 Å². The first kappa shape index (κ1) is 16.3. The highest BCUT2D eigenvalue weighted by molar-refractivity contribution is 5.72. The lowest BCUT2D eigenvalue weighted by atomic mass is 10.3. The highest BCUT2D eigenvalue weighted by atomic mass is 16.6. The lowest BCUT2D eigenvalue weighted by molar-refractivity contribution is 0.222. The SMILES string of the molecule is CCN(CC)CCOc1ccc(Oc2nc3ccccc3o2)cc1. The Morgan fingerprint density at radius 2 is 1.67 bits per heavy atom. The number of rotatable bonds is 8. The van der Waals surface area contributed by atoms with Gasteiger partial charge in [0, 0.05) is 6.54 Å². The molecule has 3 rings (SSSR count). The summed E-state index contributed by atoms with van der Waals surface area (Å²) in [7, 11) is 0. The van der Waals surface area contributed by atoms with Crippen LogP contribution >= 0.6 is 0 Å². The molecule has 0 aliphatic carbocycles. The van der Waals surface area contributed by atoms with E-state index in [4.69, 9.17) is 13.9 Å². The van der Waals surface area contributed by atoms with Gasteiger partial charge in [0.15, 0.2) is 5.58 Å². The molecule has 3 aromatic rings. The standard InChI is InChI=1S/C19H22N2O3/c1-3-21(4-2)13-14-22-15-9-11-16(12-10-15)23-19-20-17-7-5-6-8-18(17)24-19/h5-12H,3-4,13-14H2,1-2H3. The summed E-state index contributed by atoms with van der Waals surface area (Å²) in [5.74, 6) is 1.49. The Bertz CT molecular complexity index is 731. The van der Waals surface area contributed by atoms with Gasteiger partial charge in [-0.25, -0.2) is 0 Å². The van der Waals surface area contributed by atoms with Crippen molar-refractivity contribution in [1.29, 1.82) is 0 Å². The molecule has 0 saturated carbocycles. The Morgan fingerprint density at radius 3 is 2.38 bits per heavy atom. The van der Waals surface area contributed by atoms with Gasteiger partial charge in [0.05, 0.1) is 0 Å². The third kappa shape index (κ3) is 4.06. The first-order valence-electron chi connectivity index (χ1n) is 8.27. The molecule has 0 fully saturated rings. The van der Waals surface area contributed by atoms with E-state index in [0.717, 1.165) is 30.9 Å². The van der Waals surface area contributed by atoms with Crippen molar-refractivity contribution in [3.63, 3.8) is 0 Å². The average molecular weight is 326 g/mol. The molecule has 24 heavy (non-hydrogen) atoms. The van der Waals surface area contributed by atoms with Gasteiger partial charge in [-0.1, -0.05) is 26.0 Å². The molecule has 0 amide bonds. The van der Waals surface area contributed by atoms with E-state index in [9.17, 15) is 0 Å². The zero-order chi connectivity index (χ0) is 16.8. The van der Waals surface area contributed by atoms with Crippen LogP contribution in [0.25, 0.3) is 11.1 Å². The Morgan fingerprint density at radius 1 is 0.958 bits per heavy atom. The molecule has 5 nitrogen and oxygen atoms in total. The van der Waals surface area contributed by atoms with Crippen LogP contribution in [0.4, 0.5) is 0 Å². The summed E-state index contributed by atoms with van der Waals surface area (Å²) in [6.07, 6.45) is 0.242. The average Bonchev–Trinajstić information content (AvgIpc) is 3.02. The van der Waals surface area contributed by atoms with Gasteiger partial charge in [-0.05, 0) is 49.5 Å². The second-order valence-electron chi connectivity index (χ2n) is 5.40. The van der Waals surface area contributed by atoms with Gasteiger partial charge in [0.25, 0.3) is 0 Å². The maximum atomic E-state index is 5.76. The quantitative estimate of drug-likeness (QED) is 0.616. The number of likely N-dealkylation sites (N-methyl/N-ethyl adjacent to an activating group) is 1. The first-order chi connectivity index (χ1) is 11.8. The van der Waals surface area contributed by atoms with Gasteiger partial charge in [-0.15, -0.1) is 0 Å². The van der Waals surface area contributed by atoms with Gasteiger partial charge >= 0.3 is 6.08 Å². The molecule has 0 spiro atoms. The lowest BCUT2D eigenvalue weighted by Gasteiger charge is -2.18. The van der Waals surface area contributed by atoms with Crippen molar-refractivity contribution in [3.05, 3.63) is 48.5 Å². The highest BCUT2D eigenvalue weighted by Crippen LogP contribution is 2.26. The summed E-state index contributed by atoms with van der Waals surface area (Å²) in [5, 5.41) is 0. The second kappa shape index (κ2) is 7.84. The van der Waals surface area contributed by atoms with Crippen molar-refractivity contribution in [3.8, 4) is 17.6 Å². The lowest BCUT2D eigenvalue weighted by Crippen LogP contribution is -2.27. The number of hydrogen-bond donors (Lipinski definition) is 0. The van der Waals surface area contributed by atoms with E-state index in [2.05, 4.69) is 23.7 Å². The minimum absolute atomic E-state index is 0.242. The second-order valence-corrected chi connectivity index (χ2v) is 5.40. The van der Waals surface area contributed by atoms with Gasteiger partial charge in [-0.3, -0.25) is 0 Å². The van der Waals surface area contributed by atoms with E-state index in [-0.39, 0.29) is 6.08 Å². The molecule has 0 aliphatic heterocycles. The predicted molar refractivity (Wildman–Crippen MR) is 93.8 cm³/mol. The topological polar surface area (TPSA) is 47.7 Å². The zero-order valence-electron chi connectivity index (χ0n) is 14.1. The van der Waals surface area contributed by atoms with Crippen molar-refractivity contribution in [2.45, 2.75) is 13.8 Å². The van der Waals surface area contributed by atoms with Crippen LogP contribution in [-0.2, 0) is 0 Å². The largest absolute Gasteiger partial charge is 0.492 e. The van der Waals surface area contributed by atoms with Crippen molar-refractivity contribution < 1.29 is 13.9 Å². The zero-order valence-corrected chi connectivity index (χ0v) is 14.1. The number of fused-ring (bicyclic) bond motifs is 1. The molecule has 0 aliphatic rings. The maximum Gasteiger partial charge on any atom is 0.400 e. The van der Waals surface area contributed by atoms with Crippen LogP contribution in [0, 0.1) is 0 Å². The van der Waals surface area contributed by atoms with E-state index >= 15 is 0 Å². The van der Waals surface area contributed by atoms with E-state index in [0.29, 0.717) is 17.9 Å².